The third-order valence-electron chi connectivity index (χ3n) is 3.63. The van der Waals surface area contributed by atoms with E-state index < -0.39 is 0 Å². The molecule has 2 aromatic heterocycles. The molecule has 1 N–H and O–H groups in total. The molecule has 0 aliphatic heterocycles. The number of nitrogens with one attached hydrogen (secondary N) is 1. The highest BCUT2D eigenvalue weighted by Gasteiger charge is 2.16. The average Bonchev–Trinajstić information content (AvgIpc) is 2.84. The van der Waals surface area contributed by atoms with Crippen LogP contribution in [0.3, 0.4) is 0 Å². The SMILES string of the molecule is CNc1nc(C(C)C)nc(N(C)Cc2ccoc2C)c1C. The van der Waals surface area contributed by atoms with Gasteiger partial charge < -0.3 is 14.6 Å². The maximum absolute atomic E-state index is 5.37. The molecule has 0 atom stereocenters. The molecule has 2 rings (SSSR count). The van der Waals surface area contributed by atoms with Crippen molar-refractivity contribution in [2.75, 3.05) is 24.3 Å². The third kappa shape index (κ3) is 3.17. The number of hydrogen-bond donors (Lipinski definition) is 1. The minimum Gasteiger partial charge on any atom is -0.469 e. The summed E-state index contributed by atoms with van der Waals surface area (Å²) in [6.07, 6.45) is 1.73. The molecular weight excluding hydrogens is 264 g/mol. The summed E-state index contributed by atoms with van der Waals surface area (Å²) in [5, 5.41) is 3.16. The summed E-state index contributed by atoms with van der Waals surface area (Å²) >= 11 is 0. The van der Waals surface area contributed by atoms with Crippen LogP contribution in [0.15, 0.2) is 16.7 Å². The van der Waals surface area contributed by atoms with E-state index in [2.05, 4.69) is 29.0 Å². The van der Waals surface area contributed by atoms with Crippen LogP contribution in [0.1, 0.15) is 42.5 Å². The quantitative estimate of drug-likeness (QED) is 0.912. The zero-order chi connectivity index (χ0) is 15.6. The van der Waals surface area contributed by atoms with Gasteiger partial charge in [-0.3, -0.25) is 0 Å². The molecule has 0 aromatic carbocycles. The molecule has 0 aliphatic carbocycles. The molecule has 0 spiro atoms. The van der Waals surface area contributed by atoms with Gasteiger partial charge in [-0.1, -0.05) is 13.8 Å². The zero-order valence-corrected chi connectivity index (χ0v) is 13.7. The monoisotopic (exact) mass is 288 g/mol. The van der Waals surface area contributed by atoms with E-state index in [9.17, 15) is 0 Å². The van der Waals surface area contributed by atoms with Gasteiger partial charge in [-0.2, -0.15) is 0 Å². The summed E-state index contributed by atoms with van der Waals surface area (Å²) in [4.78, 5) is 11.5. The maximum Gasteiger partial charge on any atom is 0.137 e. The van der Waals surface area contributed by atoms with Crippen LogP contribution >= 0.6 is 0 Å². The lowest BCUT2D eigenvalue weighted by Crippen LogP contribution is -2.21. The first kappa shape index (κ1) is 15.4. The van der Waals surface area contributed by atoms with E-state index in [-0.39, 0.29) is 0 Å². The minimum atomic E-state index is 0.292. The number of rotatable bonds is 5. The number of aromatic nitrogens is 2. The molecule has 0 saturated carbocycles. The molecule has 0 radical (unpaired) electrons. The molecular formula is C16H24N4O. The minimum absolute atomic E-state index is 0.292. The highest BCUT2D eigenvalue weighted by atomic mass is 16.3. The largest absolute Gasteiger partial charge is 0.469 e. The molecule has 114 valence electrons. The zero-order valence-electron chi connectivity index (χ0n) is 13.7. The van der Waals surface area contributed by atoms with E-state index in [0.717, 1.165) is 35.3 Å². The topological polar surface area (TPSA) is 54.2 Å². The standard InChI is InChI=1S/C16H24N4O/c1-10(2)14-18-15(17-5)11(3)16(19-14)20(6)9-13-7-8-21-12(13)4/h7-8,10H,9H2,1-6H3,(H,17,18,19). The van der Waals surface area contributed by atoms with E-state index in [0.29, 0.717) is 5.92 Å². The van der Waals surface area contributed by atoms with Gasteiger partial charge in [0.25, 0.3) is 0 Å². The van der Waals surface area contributed by atoms with Gasteiger partial charge >= 0.3 is 0 Å². The Morgan fingerprint density at radius 1 is 1.29 bits per heavy atom. The van der Waals surface area contributed by atoms with Crippen molar-refractivity contribution in [1.29, 1.82) is 0 Å². The molecule has 0 saturated heterocycles. The van der Waals surface area contributed by atoms with Crippen molar-refractivity contribution in [3.8, 4) is 0 Å². The van der Waals surface area contributed by atoms with Crippen molar-refractivity contribution in [3.05, 3.63) is 35.0 Å². The number of nitrogens with zero attached hydrogens (tertiary/aromatic N) is 3. The highest BCUT2D eigenvalue weighted by molar-refractivity contribution is 5.58. The highest BCUT2D eigenvalue weighted by Crippen LogP contribution is 2.26. The van der Waals surface area contributed by atoms with Gasteiger partial charge in [0.2, 0.25) is 0 Å². The maximum atomic E-state index is 5.37. The van der Waals surface area contributed by atoms with Crippen LogP contribution < -0.4 is 10.2 Å². The molecule has 2 heterocycles. The third-order valence-corrected chi connectivity index (χ3v) is 3.63. The molecule has 0 fully saturated rings. The molecule has 0 unspecified atom stereocenters. The van der Waals surface area contributed by atoms with E-state index >= 15 is 0 Å². The predicted molar refractivity (Wildman–Crippen MR) is 86.0 cm³/mol. The van der Waals surface area contributed by atoms with Crippen LogP contribution in [0, 0.1) is 13.8 Å². The molecule has 2 aromatic rings. The van der Waals surface area contributed by atoms with Gasteiger partial charge in [-0.05, 0) is 19.9 Å². The Kier molecular flexibility index (Phi) is 4.50. The average molecular weight is 288 g/mol. The summed E-state index contributed by atoms with van der Waals surface area (Å²) in [7, 11) is 3.94. The Bertz CT molecular complexity index is 619. The van der Waals surface area contributed by atoms with E-state index in [4.69, 9.17) is 9.40 Å². The van der Waals surface area contributed by atoms with Gasteiger partial charge in [-0.15, -0.1) is 0 Å². The summed E-state index contributed by atoms with van der Waals surface area (Å²) in [5.41, 5.74) is 2.23. The second-order valence-corrected chi connectivity index (χ2v) is 5.64. The number of aryl methyl sites for hydroxylation is 1. The smallest absolute Gasteiger partial charge is 0.137 e. The van der Waals surface area contributed by atoms with Crippen molar-refractivity contribution in [1.82, 2.24) is 9.97 Å². The van der Waals surface area contributed by atoms with Crippen LogP contribution in [-0.4, -0.2) is 24.1 Å². The van der Waals surface area contributed by atoms with Crippen LogP contribution in [0.25, 0.3) is 0 Å². The van der Waals surface area contributed by atoms with Crippen LogP contribution in [0.5, 0.6) is 0 Å². The number of anilines is 2. The van der Waals surface area contributed by atoms with Gasteiger partial charge in [0.15, 0.2) is 0 Å². The summed E-state index contributed by atoms with van der Waals surface area (Å²) in [5.74, 6) is 3.95. The fourth-order valence-corrected chi connectivity index (χ4v) is 2.30. The van der Waals surface area contributed by atoms with Gasteiger partial charge in [0.05, 0.1) is 6.26 Å². The molecule has 0 bridgehead atoms. The molecule has 0 aliphatic rings. The fourth-order valence-electron chi connectivity index (χ4n) is 2.30. The van der Waals surface area contributed by atoms with Gasteiger partial charge in [0, 0.05) is 37.7 Å². The number of furan rings is 1. The second-order valence-electron chi connectivity index (χ2n) is 5.64. The summed E-state index contributed by atoms with van der Waals surface area (Å²) in [6, 6.07) is 2.00. The fraction of sp³-hybridized carbons (Fsp3) is 0.500. The first-order valence-corrected chi connectivity index (χ1v) is 7.24. The van der Waals surface area contributed by atoms with Gasteiger partial charge in [0.1, 0.15) is 23.2 Å². The molecule has 5 nitrogen and oxygen atoms in total. The van der Waals surface area contributed by atoms with Crippen molar-refractivity contribution < 1.29 is 4.42 Å². The van der Waals surface area contributed by atoms with E-state index in [1.165, 1.54) is 5.56 Å². The predicted octanol–water partition coefficient (Wildman–Crippen LogP) is 3.49. The van der Waals surface area contributed by atoms with E-state index in [1.807, 2.05) is 34.0 Å². The molecule has 0 amide bonds. The first-order chi connectivity index (χ1) is 9.93. The number of hydrogen-bond acceptors (Lipinski definition) is 5. The van der Waals surface area contributed by atoms with Crippen LogP contribution in [0.2, 0.25) is 0 Å². The summed E-state index contributed by atoms with van der Waals surface area (Å²) < 4.78 is 5.37. The lowest BCUT2D eigenvalue weighted by atomic mass is 10.2. The summed E-state index contributed by atoms with van der Waals surface area (Å²) in [6.45, 7) is 9.00. The van der Waals surface area contributed by atoms with Gasteiger partial charge in [-0.25, -0.2) is 9.97 Å². The lowest BCUT2D eigenvalue weighted by molar-refractivity contribution is 0.529. The Hall–Kier alpha value is -2.04. The first-order valence-electron chi connectivity index (χ1n) is 7.24. The molecule has 21 heavy (non-hydrogen) atoms. The van der Waals surface area contributed by atoms with Crippen molar-refractivity contribution in [3.63, 3.8) is 0 Å². The Morgan fingerprint density at radius 3 is 2.52 bits per heavy atom. The normalized spacial score (nSPS) is 11.0. The van der Waals surface area contributed by atoms with Crippen LogP contribution in [0.4, 0.5) is 11.6 Å². The van der Waals surface area contributed by atoms with E-state index in [1.54, 1.807) is 6.26 Å². The Balaban J connectivity index is 2.37. The van der Waals surface area contributed by atoms with Crippen LogP contribution in [-0.2, 0) is 6.54 Å². The Morgan fingerprint density at radius 2 is 2.00 bits per heavy atom. The van der Waals surface area contributed by atoms with Crippen molar-refractivity contribution in [2.24, 2.45) is 0 Å². The van der Waals surface area contributed by atoms with Crippen molar-refractivity contribution in [2.45, 2.75) is 40.2 Å². The lowest BCUT2D eigenvalue weighted by Gasteiger charge is -2.22. The second kappa shape index (κ2) is 6.16. The Labute approximate surface area is 126 Å². The molecule has 5 heteroatoms. The van der Waals surface area contributed by atoms with Crippen molar-refractivity contribution >= 4 is 11.6 Å².